The lowest BCUT2D eigenvalue weighted by atomic mass is 10.3. The molecule has 10 heteroatoms. The molecule has 2 aromatic rings. The molecule has 0 bridgehead atoms. The van der Waals surface area contributed by atoms with Crippen LogP contribution in [0.5, 0.6) is 11.6 Å². The first-order valence-corrected chi connectivity index (χ1v) is 6.33. The van der Waals surface area contributed by atoms with E-state index in [-0.39, 0.29) is 22.1 Å². The summed E-state index contributed by atoms with van der Waals surface area (Å²) in [6.07, 6.45) is 1.42. The molecule has 0 radical (unpaired) electrons. The first-order chi connectivity index (χ1) is 9.92. The molecule has 1 aromatic carbocycles. The van der Waals surface area contributed by atoms with E-state index in [4.69, 9.17) is 10.6 Å². The van der Waals surface area contributed by atoms with E-state index in [0.29, 0.717) is 5.56 Å². The van der Waals surface area contributed by atoms with E-state index < -0.39 is 16.4 Å². The van der Waals surface area contributed by atoms with Gasteiger partial charge in [-0.05, 0) is 22.9 Å². The summed E-state index contributed by atoms with van der Waals surface area (Å²) < 4.78 is 18.9. The van der Waals surface area contributed by atoms with Crippen LogP contribution in [0.1, 0.15) is 5.56 Å². The Labute approximate surface area is 126 Å². The van der Waals surface area contributed by atoms with Crippen molar-refractivity contribution < 1.29 is 14.1 Å². The Morgan fingerprint density at radius 3 is 2.86 bits per heavy atom. The van der Waals surface area contributed by atoms with Gasteiger partial charge in [-0.15, -0.1) is 0 Å². The predicted molar refractivity (Wildman–Crippen MR) is 75.4 cm³/mol. The van der Waals surface area contributed by atoms with Crippen LogP contribution in [0.4, 0.5) is 16.0 Å². The second kappa shape index (κ2) is 5.97. The lowest BCUT2D eigenvalue weighted by Gasteiger charge is -2.09. The normalized spacial score (nSPS) is 10.3. The van der Waals surface area contributed by atoms with Crippen LogP contribution in [-0.4, -0.2) is 14.9 Å². The molecule has 0 fully saturated rings. The van der Waals surface area contributed by atoms with Crippen molar-refractivity contribution in [3.05, 3.63) is 44.3 Å². The summed E-state index contributed by atoms with van der Waals surface area (Å²) in [7, 11) is 0. The van der Waals surface area contributed by atoms with E-state index in [1.54, 1.807) is 6.92 Å². The molecule has 0 spiro atoms. The van der Waals surface area contributed by atoms with Crippen LogP contribution in [0.2, 0.25) is 0 Å². The molecular weight excluding hydrogens is 349 g/mol. The Kier molecular flexibility index (Phi) is 4.29. The van der Waals surface area contributed by atoms with Crippen molar-refractivity contribution in [3.63, 3.8) is 0 Å². The minimum absolute atomic E-state index is 0.0303. The number of nitrogens with two attached hydrogens (primary N) is 1. The fourth-order valence-corrected chi connectivity index (χ4v) is 1.78. The van der Waals surface area contributed by atoms with Crippen LogP contribution in [0.25, 0.3) is 0 Å². The zero-order chi connectivity index (χ0) is 15.6. The van der Waals surface area contributed by atoms with Gasteiger partial charge in [-0.1, -0.05) is 0 Å². The second-order valence-corrected chi connectivity index (χ2v) is 4.77. The maximum atomic E-state index is 13.6. The van der Waals surface area contributed by atoms with Crippen molar-refractivity contribution in [2.45, 2.75) is 6.92 Å². The second-order valence-electron chi connectivity index (χ2n) is 3.92. The number of hydrogen-bond acceptors (Lipinski definition) is 7. The van der Waals surface area contributed by atoms with Gasteiger partial charge in [-0.25, -0.2) is 15.2 Å². The van der Waals surface area contributed by atoms with Gasteiger partial charge in [-0.2, -0.15) is 4.98 Å². The summed E-state index contributed by atoms with van der Waals surface area (Å²) in [4.78, 5) is 18.1. The quantitative estimate of drug-likeness (QED) is 0.490. The van der Waals surface area contributed by atoms with Crippen molar-refractivity contribution in [3.8, 4) is 11.6 Å². The molecule has 8 nitrogen and oxygen atoms in total. The molecule has 0 aliphatic rings. The number of hydrazine groups is 1. The van der Waals surface area contributed by atoms with Gasteiger partial charge in [0.15, 0.2) is 0 Å². The number of nitrogen functional groups attached to an aromatic ring is 1. The number of aryl methyl sites for hydroxylation is 1. The third kappa shape index (κ3) is 3.23. The molecule has 0 aliphatic heterocycles. The highest BCUT2D eigenvalue weighted by atomic mass is 79.9. The number of nitrogens with one attached hydrogen (secondary N) is 1. The minimum atomic E-state index is -0.695. The molecule has 0 unspecified atom stereocenters. The highest BCUT2D eigenvalue weighted by Crippen LogP contribution is 2.35. The fraction of sp³-hybridized carbons (Fsp3) is 0.0909. The summed E-state index contributed by atoms with van der Waals surface area (Å²) in [5, 5.41) is 11.0. The number of halogens is 2. The molecule has 21 heavy (non-hydrogen) atoms. The van der Waals surface area contributed by atoms with Crippen molar-refractivity contribution in [2.24, 2.45) is 5.84 Å². The molecular formula is C11H9BrFN5O3. The summed E-state index contributed by atoms with van der Waals surface area (Å²) in [6, 6.07) is 1.92. The SMILES string of the molecule is Cc1cnc(NN)nc1Oc1cc(F)c(Br)cc1[N+](=O)[O-]. The van der Waals surface area contributed by atoms with Crippen LogP contribution >= 0.6 is 15.9 Å². The summed E-state index contributed by atoms with van der Waals surface area (Å²) >= 11 is 2.88. The third-order valence-corrected chi connectivity index (χ3v) is 3.07. The van der Waals surface area contributed by atoms with Gasteiger partial charge in [0.25, 0.3) is 0 Å². The largest absolute Gasteiger partial charge is 0.431 e. The van der Waals surface area contributed by atoms with Crippen molar-refractivity contribution in [1.82, 2.24) is 9.97 Å². The number of nitro groups is 1. The van der Waals surface area contributed by atoms with Crippen LogP contribution < -0.4 is 16.0 Å². The molecule has 1 aromatic heterocycles. The number of aromatic nitrogens is 2. The Morgan fingerprint density at radius 1 is 1.52 bits per heavy atom. The Hall–Kier alpha value is -2.33. The van der Waals surface area contributed by atoms with E-state index >= 15 is 0 Å². The Balaban J connectivity index is 2.48. The monoisotopic (exact) mass is 357 g/mol. The van der Waals surface area contributed by atoms with Crippen LogP contribution in [0.3, 0.4) is 0 Å². The highest BCUT2D eigenvalue weighted by molar-refractivity contribution is 9.10. The van der Waals surface area contributed by atoms with E-state index in [1.807, 2.05) is 0 Å². The zero-order valence-electron chi connectivity index (χ0n) is 10.6. The Bertz CT molecular complexity index is 712. The molecule has 0 atom stereocenters. The molecule has 110 valence electrons. The van der Waals surface area contributed by atoms with Crippen molar-refractivity contribution >= 4 is 27.6 Å². The van der Waals surface area contributed by atoms with E-state index in [1.165, 1.54) is 6.20 Å². The number of benzene rings is 1. The topological polar surface area (TPSA) is 116 Å². The van der Waals surface area contributed by atoms with Gasteiger partial charge < -0.3 is 4.74 Å². The summed E-state index contributed by atoms with van der Waals surface area (Å²) in [5.74, 6) is 4.31. The number of ether oxygens (including phenoxy) is 1. The average molecular weight is 358 g/mol. The van der Waals surface area contributed by atoms with Crippen LogP contribution in [-0.2, 0) is 0 Å². The molecule has 0 saturated heterocycles. The minimum Gasteiger partial charge on any atom is -0.431 e. The molecule has 1 heterocycles. The van der Waals surface area contributed by atoms with Gasteiger partial charge in [0.05, 0.1) is 9.40 Å². The Morgan fingerprint density at radius 2 is 2.24 bits per heavy atom. The number of anilines is 1. The molecule has 0 amide bonds. The molecule has 3 N–H and O–H groups in total. The standard InChI is InChI=1S/C11H9BrFN5O3/c1-5-4-15-11(17-14)16-10(5)21-9-3-7(13)6(12)2-8(9)18(19)20/h2-4H,14H2,1H3,(H,15,16,17). The lowest BCUT2D eigenvalue weighted by molar-refractivity contribution is -0.385. The highest BCUT2D eigenvalue weighted by Gasteiger charge is 2.21. The predicted octanol–water partition coefficient (Wildman–Crippen LogP) is 2.67. The fourth-order valence-electron chi connectivity index (χ4n) is 1.45. The van der Waals surface area contributed by atoms with Gasteiger partial charge in [0.2, 0.25) is 17.6 Å². The first kappa shape index (κ1) is 15.1. The lowest BCUT2D eigenvalue weighted by Crippen LogP contribution is -2.11. The van der Waals surface area contributed by atoms with E-state index in [0.717, 1.165) is 12.1 Å². The average Bonchev–Trinajstić information content (AvgIpc) is 2.44. The van der Waals surface area contributed by atoms with Gasteiger partial charge in [0, 0.05) is 23.9 Å². The first-order valence-electron chi connectivity index (χ1n) is 5.54. The molecule has 0 aliphatic carbocycles. The number of nitrogens with zero attached hydrogens (tertiary/aromatic N) is 3. The number of hydrogen-bond donors (Lipinski definition) is 2. The summed E-state index contributed by atoms with van der Waals surface area (Å²) in [6.45, 7) is 1.64. The van der Waals surface area contributed by atoms with Crippen LogP contribution in [0, 0.1) is 22.9 Å². The smallest absolute Gasteiger partial charge is 0.312 e. The van der Waals surface area contributed by atoms with Crippen molar-refractivity contribution in [2.75, 3.05) is 5.43 Å². The summed E-state index contributed by atoms with van der Waals surface area (Å²) in [5.41, 5.74) is 2.33. The van der Waals surface area contributed by atoms with Gasteiger partial charge in [0.1, 0.15) is 5.82 Å². The van der Waals surface area contributed by atoms with Gasteiger partial charge in [-0.3, -0.25) is 15.5 Å². The number of rotatable bonds is 4. The number of nitro benzene ring substituents is 1. The van der Waals surface area contributed by atoms with Crippen LogP contribution in [0.15, 0.2) is 22.8 Å². The van der Waals surface area contributed by atoms with Crippen molar-refractivity contribution in [1.29, 1.82) is 0 Å². The van der Waals surface area contributed by atoms with Gasteiger partial charge >= 0.3 is 5.69 Å². The third-order valence-electron chi connectivity index (χ3n) is 2.46. The molecule has 2 rings (SSSR count). The van der Waals surface area contributed by atoms with E-state index in [2.05, 4.69) is 31.3 Å². The maximum absolute atomic E-state index is 13.6. The maximum Gasteiger partial charge on any atom is 0.312 e. The molecule has 0 saturated carbocycles. The van der Waals surface area contributed by atoms with E-state index in [9.17, 15) is 14.5 Å². The zero-order valence-corrected chi connectivity index (χ0v) is 12.2.